The van der Waals surface area contributed by atoms with Crippen LogP contribution in [0.3, 0.4) is 0 Å². The van der Waals surface area contributed by atoms with E-state index in [-0.39, 0.29) is 17.2 Å². The fraction of sp³-hybridized carbons (Fsp3) is 0.514. The molecule has 0 radical (unpaired) electrons. The molecule has 1 spiro atoms. The summed E-state index contributed by atoms with van der Waals surface area (Å²) in [6.07, 6.45) is 6.42. The Bertz CT molecular complexity index is 1880. The molecule has 8 rings (SSSR count). The molecule has 0 unspecified atom stereocenters. The number of piperidine rings is 2. The molecule has 11 heteroatoms. The predicted octanol–water partition coefficient (Wildman–Crippen LogP) is 6.43. The molecule has 0 atom stereocenters. The predicted molar refractivity (Wildman–Crippen MR) is 183 cm³/mol. The van der Waals surface area contributed by atoms with Gasteiger partial charge in [0.15, 0.2) is 5.75 Å². The van der Waals surface area contributed by atoms with Crippen molar-refractivity contribution in [3.05, 3.63) is 54.0 Å². The fourth-order valence-corrected chi connectivity index (χ4v) is 8.22. The Morgan fingerprint density at radius 1 is 1.06 bits per heavy atom. The van der Waals surface area contributed by atoms with Crippen LogP contribution in [0.15, 0.2) is 37.1 Å². The minimum absolute atomic E-state index is 0.00583. The molecule has 9 nitrogen and oxygen atoms in total. The van der Waals surface area contributed by atoms with Gasteiger partial charge in [-0.15, -0.1) is 0 Å². The highest BCUT2D eigenvalue weighted by molar-refractivity contribution is 6.06. The molecule has 2 aromatic heterocycles. The summed E-state index contributed by atoms with van der Waals surface area (Å²) in [5, 5.41) is 9.23. The highest BCUT2D eigenvalue weighted by Crippen LogP contribution is 2.53. The first-order valence-corrected chi connectivity index (χ1v) is 17.3. The third-order valence-electron chi connectivity index (χ3n) is 11.2. The molecule has 2 aromatic carbocycles. The Morgan fingerprint density at radius 3 is 2.50 bits per heavy atom. The monoisotopic (exact) mass is 655 g/mol. The number of aromatic amines is 1. The van der Waals surface area contributed by atoms with Gasteiger partial charge in [-0.1, -0.05) is 12.6 Å². The van der Waals surface area contributed by atoms with E-state index in [2.05, 4.69) is 52.7 Å². The lowest BCUT2D eigenvalue weighted by atomic mass is 9.72. The van der Waals surface area contributed by atoms with Crippen LogP contribution in [0.1, 0.15) is 67.3 Å². The Kier molecular flexibility index (Phi) is 7.85. The molecular weight excluding hydrogens is 612 g/mol. The van der Waals surface area contributed by atoms with Gasteiger partial charge in [0.2, 0.25) is 5.91 Å². The highest BCUT2D eigenvalue weighted by Gasteiger charge is 2.46. The molecule has 1 aliphatic carbocycles. The lowest BCUT2D eigenvalue weighted by Crippen LogP contribution is -2.61. The molecule has 252 valence electrons. The van der Waals surface area contributed by atoms with Crippen LogP contribution in [0.2, 0.25) is 0 Å². The first-order valence-electron chi connectivity index (χ1n) is 17.3. The number of aromatic nitrogens is 4. The van der Waals surface area contributed by atoms with E-state index in [9.17, 15) is 13.6 Å². The molecule has 3 saturated heterocycles. The van der Waals surface area contributed by atoms with Gasteiger partial charge in [0.1, 0.15) is 23.8 Å². The third-order valence-corrected chi connectivity index (χ3v) is 11.2. The topological polar surface area (TPSA) is 90.5 Å². The van der Waals surface area contributed by atoms with E-state index < -0.39 is 13.0 Å². The van der Waals surface area contributed by atoms with Crippen molar-refractivity contribution < 1.29 is 18.3 Å². The number of anilines is 1. The van der Waals surface area contributed by atoms with Gasteiger partial charge in [-0.3, -0.25) is 9.89 Å². The molecular formula is C37H43F2N7O2. The first kappa shape index (κ1) is 31.2. The number of carbonyl (C=O) groups is 1. The number of fused-ring (bicyclic) bond motifs is 2. The average molecular weight is 656 g/mol. The standard InChI is InChI=1S/C37H43F2N7O2/c1-4-30(47)46-20-37(21-46)11-15-45(16-12-37)36-26-17-25(23-6-7-23)32(31-22(2)5-8-28-27(31)18-40-43-28)34(48-19-29(38)39)33(26)41-35(42-36)24-9-13-44(3)14-10-24/h4-5,8,17-18,23-24,29H,1,6-7,9-16,19-21H2,2-3H3,(H,40,43). The number of aryl methyl sites for hydroxylation is 1. The van der Waals surface area contributed by atoms with Crippen LogP contribution in [-0.4, -0.2) is 95.2 Å². The Morgan fingerprint density at radius 2 is 1.81 bits per heavy atom. The van der Waals surface area contributed by atoms with E-state index in [0.29, 0.717) is 17.2 Å². The lowest BCUT2D eigenvalue weighted by Gasteiger charge is -2.54. The molecule has 1 saturated carbocycles. The summed E-state index contributed by atoms with van der Waals surface area (Å²) in [6.45, 7) is 10.0. The molecule has 0 bridgehead atoms. The second-order valence-electron chi connectivity index (χ2n) is 14.5. The minimum atomic E-state index is -2.63. The zero-order chi connectivity index (χ0) is 33.2. The maximum atomic E-state index is 14.0. The number of alkyl halides is 2. The van der Waals surface area contributed by atoms with Crippen molar-refractivity contribution in [2.45, 2.75) is 63.7 Å². The fourth-order valence-electron chi connectivity index (χ4n) is 8.22. The summed E-state index contributed by atoms with van der Waals surface area (Å²) in [7, 11) is 2.14. The quantitative estimate of drug-likeness (QED) is 0.219. The zero-order valence-electron chi connectivity index (χ0n) is 27.8. The number of rotatable bonds is 8. The third kappa shape index (κ3) is 5.49. The van der Waals surface area contributed by atoms with Crippen molar-refractivity contribution >= 4 is 33.5 Å². The molecule has 4 fully saturated rings. The molecule has 48 heavy (non-hydrogen) atoms. The van der Waals surface area contributed by atoms with Crippen molar-refractivity contribution in [3.8, 4) is 16.9 Å². The highest BCUT2D eigenvalue weighted by atomic mass is 19.3. The summed E-state index contributed by atoms with van der Waals surface area (Å²) in [5.74, 6) is 2.52. The number of ether oxygens (including phenoxy) is 1. The average Bonchev–Trinajstić information content (AvgIpc) is 3.81. The minimum Gasteiger partial charge on any atom is -0.485 e. The first-order chi connectivity index (χ1) is 23.2. The number of hydrogen-bond donors (Lipinski definition) is 1. The number of amides is 1. The molecule has 4 aliphatic rings. The maximum Gasteiger partial charge on any atom is 0.272 e. The van der Waals surface area contributed by atoms with E-state index >= 15 is 0 Å². The van der Waals surface area contributed by atoms with Gasteiger partial charge in [-0.25, -0.2) is 18.7 Å². The summed E-state index contributed by atoms with van der Waals surface area (Å²) >= 11 is 0. The molecule has 5 heterocycles. The van der Waals surface area contributed by atoms with Crippen molar-refractivity contribution in [1.82, 2.24) is 30.0 Å². The van der Waals surface area contributed by atoms with E-state index in [1.54, 1.807) is 0 Å². The van der Waals surface area contributed by atoms with Crippen molar-refractivity contribution in [3.63, 3.8) is 0 Å². The van der Waals surface area contributed by atoms with Crippen LogP contribution in [0, 0.1) is 12.3 Å². The number of benzene rings is 2. The Labute approximate surface area is 279 Å². The number of halogens is 2. The smallest absolute Gasteiger partial charge is 0.272 e. The van der Waals surface area contributed by atoms with Gasteiger partial charge < -0.3 is 19.4 Å². The molecule has 1 N–H and O–H groups in total. The summed E-state index contributed by atoms with van der Waals surface area (Å²) in [6, 6.07) is 6.30. The van der Waals surface area contributed by atoms with Crippen molar-refractivity contribution in [2.75, 3.05) is 57.8 Å². The number of hydrogen-bond acceptors (Lipinski definition) is 7. The van der Waals surface area contributed by atoms with E-state index in [1.807, 2.05) is 17.2 Å². The number of nitrogens with one attached hydrogen (secondary N) is 1. The molecule has 3 aliphatic heterocycles. The van der Waals surface area contributed by atoms with Crippen molar-refractivity contribution in [2.24, 2.45) is 5.41 Å². The van der Waals surface area contributed by atoms with Gasteiger partial charge >= 0.3 is 0 Å². The number of likely N-dealkylation sites (tertiary alicyclic amines) is 2. The van der Waals surface area contributed by atoms with Gasteiger partial charge in [0, 0.05) is 53.8 Å². The maximum absolute atomic E-state index is 14.0. The van der Waals surface area contributed by atoms with E-state index in [1.165, 1.54) is 6.08 Å². The van der Waals surface area contributed by atoms with Gasteiger partial charge in [-0.05, 0) is 106 Å². The van der Waals surface area contributed by atoms with Crippen LogP contribution in [0.5, 0.6) is 5.75 Å². The van der Waals surface area contributed by atoms with Crippen LogP contribution in [-0.2, 0) is 4.79 Å². The van der Waals surface area contributed by atoms with E-state index in [0.717, 1.165) is 128 Å². The zero-order valence-corrected chi connectivity index (χ0v) is 27.8. The van der Waals surface area contributed by atoms with Crippen LogP contribution < -0.4 is 9.64 Å². The van der Waals surface area contributed by atoms with E-state index in [4.69, 9.17) is 14.7 Å². The number of nitrogens with zero attached hydrogens (tertiary/aromatic N) is 6. The SMILES string of the molecule is C=CC(=O)N1CC2(CCN(c3nc(C4CCN(C)CC4)nc4c(OCC(F)F)c(-c5c(C)ccc6[nH]ncc56)c(C5CC5)cc34)CC2)C1. The Hall–Kier alpha value is -4.12. The van der Waals surface area contributed by atoms with Gasteiger partial charge in [0.05, 0.1) is 11.7 Å². The lowest BCUT2D eigenvalue weighted by molar-refractivity contribution is -0.139. The van der Waals surface area contributed by atoms with Crippen LogP contribution >= 0.6 is 0 Å². The number of H-pyrrole nitrogens is 1. The van der Waals surface area contributed by atoms with Gasteiger partial charge in [0.25, 0.3) is 6.43 Å². The van der Waals surface area contributed by atoms with Crippen LogP contribution in [0.25, 0.3) is 32.9 Å². The second-order valence-corrected chi connectivity index (χ2v) is 14.5. The van der Waals surface area contributed by atoms with Crippen LogP contribution in [0.4, 0.5) is 14.6 Å². The normalized spacial score (nSPS) is 20.2. The summed E-state index contributed by atoms with van der Waals surface area (Å²) < 4.78 is 34.2. The largest absolute Gasteiger partial charge is 0.485 e. The van der Waals surface area contributed by atoms with Gasteiger partial charge in [-0.2, -0.15) is 5.10 Å². The Balaban J connectivity index is 1.30. The summed E-state index contributed by atoms with van der Waals surface area (Å²) in [5.41, 5.74) is 5.56. The number of carbonyl (C=O) groups excluding carboxylic acids is 1. The molecule has 1 amide bonds. The van der Waals surface area contributed by atoms with Crippen molar-refractivity contribution in [1.29, 1.82) is 0 Å². The molecule has 4 aromatic rings. The summed E-state index contributed by atoms with van der Waals surface area (Å²) in [4.78, 5) is 29.4. The second kappa shape index (κ2) is 12.1.